The molecule has 0 aromatic carbocycles. The second-order valence-corrected chi connectivity index (χ2v) is 6.88. The summed E-state index contributed by atoms with van der Waals surface area (Å²) in [4.78, 5) is 2.60. The van der Waals surface area contributed by atoms with E-state index < -0.39 is 0 Å². The summed E-state index contributed by atoms with van der Waals surface area (Å²) >= 11 is 0. The van der Waals surface area contributed by atoms with Crippen molar-refractivity contribution in [3.05, 3.63) is 0 Å². The van der Waals surface area contributed by atoms with E-state index in [-0.39, 0.29) is 5.54 Å². The number of ether oxygens (including phenoxy) is 1. The third kappa shape index (κ3) is 4.65. The molecule has 0 heterocycles. The summed E-state index contributed by atoms with van der Waals surface area (Å²) in [7, 11) is 1.79. The van der Waals surface area contributed by atoms with Crippen LogP contribution in [0.4, 0.5) is 0 Å². The Balaban J connectivity index is 1.84. The van der Waals surface area contributed by atoms with Crippen molar-refractivity contribution < 1.29 is 9.84 Å². The number of hydrogen-bond donors (Lipinski definition) is 2. The second-order valence-electron chi connectivity index (χ2n) is 6.88. The van der Waals surface area contributed by atoms with E-state index in [1.54, 1.807) is 7.11 Å². The first-order valence-corrected chi connectivity index (χ1v) is 8.84. The Hall–Kier alpha value is -0.160. The molecule has 0 aliphatic heterocycles. The monoisotopic (exact) mass is 298 g/mol. The van der Waals surface area contributed by atoms with E-state index in [1.165, 1.54) is 32.1 Å². The summed E-state index contributed by atoms with van der Waals surface area (Å²) in [6.07, 6.45) is 8.70. The number of hydrogen-bond acceptors (Lipinski definition) is 4. The van der Waals surface area contributed by atoms with Crippen LogP contribution in [0.25, 0.3) is 0 Å². The molecule has 4 heteroatoms. The van der Waals surface area contributed by atoms with Crippen LogP contribution < -0.4 is 5.32 Å². The maximum absolute atomic E-state index is 9.95. The summed E-state index contributed by atoms with van der Waals surface area (Å²) in [6.45, 7) is 6.56. The minimum atomic E-state index is -0.00745. The van der Waals surface area contributed by atoms with Gasteiger partial charge in [0.2, 0.25) is 0 Å². The lowest BCUT2D eigenvalue weighted by molar-refractivity contribution is 0.101. The molecule has 2 unspecified atom stereocenters. The van der Waals surface area contributed by atoms with Crippen LogP contribution in [0.5, 0.6) is 0 Å². The molecular weight excluding hydrogens is 264 g/mol. The fourth-order valence-corrected chi connectivity index (χ4v) is 3.88. The maximum Gasteiger partial charge on any atom is 0.0616 e. The van der Waals surface area contributed by atoms with E-state index in [0.717, 1.165) is 45.1 Å². The molecule has 0 aromatic rings. The zero-order chi connectivity index (χ0) is 15.1. The zero-order valence-corrected chi connectivity index (χ0v) is 13.9. The Morgan fingerprint density at radius 3 is 2.71 bits per heavy atom. The predicted octanol–water partition coefficient (Wildman–Crippen LogP) is 2.02. The van der Waals surface area contributed by atoms with Crippen molar-refractivity contribution in [3.63, 3.8) is 0 Å². The summed E-state index contributed by atoms with van der Waals surface area (Å²) in [5, 5.41) is 13.6. The van der Waals surface area contributed by atoms with Gasteiger partial charge in [-0.3, -0.25) is 4.90 Å². The van der Waals surface area contributed by atoms with Crippen LogP contribution >= 0.6 is 0 Å². The third-order valence-corrected chi connectivity index (χ3v) is 5.38. The molecule has 0 amide bonds. The van der Waals surface area contributed by atoms with Crippen LogP contribution in [-0.4, -0.2) is 61.5 Å². The Morgan fingerprint density at radius 2 is 2.10 bits per heavy atom. The van der Waals surface area contributed by atoms with Gasteiger partial charge < -0.3 is 15.2 Å². The lowest BCUT2D eigenvalue weighted by Crippen LogP contribution is -2.52. The van der Waals surface area contributed by atoms with Crippen LogP contribution in [-0.2, 0) is 4.74 Å². The molecule has 2 aliphatic carbocycles. The molecule has 0 spiro atoms. The highest BCUT2D eigenvalue weighted by Gasteiger charge is 2.42. The molecule has 4 nitrogen and oxygen atoms in total. The second kappa shape index (κ2) is 8.47. The number of rotatable bonds is 11. The van der Waals surface area contributed by atoms with Crippen molar-refractivity contribution in [2.24, 2.45) is 5.92 Å². The van der Waals surface area contributed by atoms with E-state index in [4.69, 9.17) is 4.74 Å². The van der Waals surface area contributed by atoms with Crippen molar-refractivity contribution in [3.8, 4) is 0 Å². The standard InChI is InChI=1S/C17H34N2O2/c1-3-10-18-17(14-20)9-4-5-15(17)8-11-19(12-13-21-2)16-6-7-16/h15-16,18,20H,3-14H2,1-2H3. The predicted molar refractivity (Wildman–Crippen MR) is 86.5 cm³/mol. The number of aliphatic hydroxyl groups excluding tert-OH is 1. The van der Waals surface area contributed by atoms with Gasteiger partial charge in [-0.15, -0.1) is 0 Å². The van der Waals surface area contributed by atoms with E-state index in [0.29, 0.717) is 12.5 Å². The minimum Gasteiger partial charge on any atom is -0.394 e. The Bertz CT molecular complexity index is 297. The Morgan fingerprint density at radius 1 is 1.29 bits per heavy atom. The largest absolute Gasteiger partial charge is 0.394 e. The van der Waals surface area contributed by atoms with Gasteiger partial charge in [0.05, 0.1) is 13.2 Å². The van der Waals surface area contributed by atoms with Crippen molar-refractivity contribution in [2.45, 2.75) is 63.5 Å². The van der Waals surface area contributed by atoms with Gasteiger partial charge in [0.1, 0.15) is 0 Å². The Labute approximate surface area is 130 Å². The van der Waals surface area contributed by atoms with Gasteiger partial charge in [0, 0.05) is 25.2 Å². The van der Waals surface area contributed by atoms with Crippen molar-refractivity contribution in [1.82, 2.24) is 10.2 Å². The SMILES string of the molecule is CCCNC1(CO)CCCC1CCN(CCOC)C1CC1. The fourth-order valence-electron chi connectivity index (χ4n) is 3.88. The first-order chi connectivity index (χ1) is 10.3. The maximum atomic E-state index is 9.95. The molecule has 0 aromatic heterocycles. The van der Waals surface area contributed by atoms with Crippen LogP contribution in [0.2, 0.25) is 0 Å². The average Bonchev–Trinajstić information content (AvgIpc) is 3.27. The first kappa shape index (κ1) is 17.2. The van der Waals surface area contributed by atoms with Gasteiger partial charge in [-0.05, 0) is 57.5 Å². The molecule has 2 fully saturated rings. The summed E-state index contributed by atoms with van der Waals surface area (Å²) in [6, 6.07) is 0.800. The topological polar surface area (TPSA) is 44.7 Å². The first-order valence-electron chi connectivity index (χ1n) is 8.84. The molecule has 2 aliphatic rings. The van der Waals surface area contributed by atoms with E-state index in [9.17, 15) is 5.11 Å². The lowest BCUT2D eigenvalue weighted by Gasteiger charge is -2.36. The van der Waals surface area contributed by atoms with Gasteiger partial charge in [0.15, 0.2) is 0 Å². The number of nitrogens with zero attached hydrogens (tertiary/aromatic N) is 1. The van der Waals surface area contributed by atoms with Gasteiger partial charge >= 0.3 is 0 Å². The van der Waals surface area contributed by atoms with Crippen LogP contribution in [0.1, 0.15) is 51.9 Å². The fraction of sp³-hybridized carbons (Fsp3) is 1.00. The smallest absolute Gasteiger partial charge is 0.0616 e. The number of methoxy groups -OCH3 is 1. The van der Waals surface area contributed by atoms with Gasteiger partial charge in [-0.2, -0.15) is 0 Å². The highest BCUT2D eigenvalue weighted by molar-refractivity contribution is 4.99. The summed E-state index contributed by atoms with van der Waals surface area (Å²) in [5.41, 5.74) is -0.00745. The van der Waals surface area contributed by atoms with Crippen molar-refractivity contribution in [1.29, 1.82) is 0 Å². The normalized spacial score (nSPS) is 29.4. The van der Waals surface area contributed by atoms with Crippen LogP contribution in [0, 0.1) is 5.92 Å². The minimum absolute atomic E-state index is 0.00745. The average molecular weight is 298 g/mol. The quantitative estimate of drug-likeness (QED) is 0.612. The number of nitrogens with one attached hydrogen (secondary N) is 1. The molecule has 2 saturated carbocycles. The van der Waals surface area contributed by atoms with Gasteiger partial charge in [0.25, 0.3) is 0 Å². The van der Waals surface area contributed by atoms with E-state index >= 15 is 0 Å². The zero-order valence-electron chi connectivity index (χ0n) is 13.9. The molecule has 2 N–H and O–H groups in total. The summed E-state index contributed by atoms with van der Waals surface area (Å²) in [5.74, 6) is 0.623. The van der Waals surface area contributed by atoms with E-state index in [1.807, 2.05) is 0 Å². The van der Waals surface area contributed by atoms with Crippen LogP contribution in [0.3, 0.4) is 0 Å². The highest BCUT2D eigenvalue weighted by atomic mass is 16.5. The molecule has 2 rings (SSSR count). The van der Waals surface area contributed by atoms with Crippen molar-refractivity contribution >= 4 is 0 Å². The highest BCUT2D eigenvalue weighted by Crippen LogP contribution is 2.38. The molecule has 0 bridgehead atoms. The van der Waals surface area contributed by atoms with Gasteiger partial charge in [-0.25, -0.2) is 0 Å². The molecule has 2 atom stereocenters. The molecule has 21 heavy (non-hydrogen) atoms. The third-order valence-electron chi connectivity index (χ3n) is 5.38. The Kier molecular flexibility index (Phi) is 6.93. The van der Waals surface area contributed by atoms with E-state index in [2.05, 4.69) is 17.1 Å². The molecule has 0 saturated heterocycles. The molecule has 124 valence electrons. The van der Waals surface area contributed by atoms with Gasteiger partial charge in [-0.1, -0.05) is 13.3 Å². The lowest BCUT2D eigenvalue weighted by atomic mass is 9.85. The van der Waals surface area contributed by atoms with Crippen LogP contribution in [0.15, 0.2) is 0 Å². The molecule has 0 radical (unpaired) electrons. The number of aliphatic hydroxyl groups is 1. The summed E-state index contributed by atoms with van der Waals surface area (Å²) < 4.78 is 5.24. The van der Waals surface area contributed by atoms with Crippen molar-refractivity contribution in [2.75, 3.05) is 40.0 Å². The molecular formula is C17H34N2O2.